The highest BCUT2D eigenvalue weighted by Gasteiger charge is 2.21. The van der Waals surface area contributed by atoms with Crippen LogP contribution >= 0.6 is 0 Å². The average Bonchev–Trinajstić information content (AvgIpc) is 3.65. The molecule has 256 valence electrons. The molecule has 2 heterocycles. The van der Waals surface area contributed by atoms with Crippen LogP contribution in [0.4, 0.5) is 0 Å². The molecule has 0 radical (unpaired) electrons. The zero-order valence-corrected chi connectivity index (χ0v) is 29.8. The molecule has 11 rings (SSSR count). The van der Waals surface area contributed by atoms with Gasteiger partial charge in [0.2, 0.25) is 0 Å². The molecule has 0 aliphatic rings. The third kappa shape index (κ3) is 5.20. The van der Waals surface area contributed by atoms with Crippen LogP contribution in [-0.2, 0) is 0 Å². The van der Waals surface area contributed by atoms with Crippen molar-refractivity contribution >= 4 is 54.3 Å². The SMILES string of the molecule is c1ccc(-c2cccc(-c3cc(-c4ccc5oc6ccccc6c5c4-c4ccc5c6ccccc6c6ccccc6c5c4)nc(-c4ccccc4)n3)c2)cc1. The van der Waals surface area contributed by atoms with E-state index < -0.39 is 0 Å². The summed E-state index contributed by atoms with van der Waals surface area (Å²) in [6, 6.07) is 68.5. The fourth-order valence-corrected chi connectivity index (χ4v) is 8.33. The summed E-state index contributed by atoms with van der Waals surface area (Å²) in [6.07, 6.45) is 0. The Morgan fingerprint density at radius 1 is 0.309 bits per heavy atom. The lowest BCUT2D eigenvalue weighted by atomic mass is 9.88. The maximum absolute atomic E-state index is 6.53. The molecule has 0 aliphatic heterocycles. The second-order valence-corrected chi connectivity index (χ2v) is 14.1. The predicted octanol–water partition coefficient (Wildman–Crippen LogP) is 14.2. The highest BCUT2D eigenvalue weighted by molar-refractivity contribution is 6.26. The van der Waals surface area contributed by atoms with Crippen LogP contribution in [0.3, 0.4) is 0 Å². The van der Waals surface area contributed by atoms with Gasteiger partial charge < -0.3 is 4.42 Å². The monoisotopic (exact) mass is 700 g/mol. The van der Waals surface area contributed by atoms with Gasteiger partial charge in [0.25, 0.3) is 0 Å². The first-order chi connectivity index (χ1) is 27.3. The summed E-state index contributed by atoms with van der Waals surface area (Å²) in [6.45, 7) is 0. The molecule has 0 unspecified atom stereocenters. The fraction of sp³-hybridized carbons (Fsp3) is 0. The van der Waals surface area contributed by atoms with Crippen molar-refractivity contribution < 1.29 is 4.42 Å². The van der Waals surface area contributed by atoms with E-state index in [0.717, 1.165) is 72.3 Å². The molecule has 0 spiro atoms. The Bertz CT molecular complexity index is 3220. The van der Waals surface area contributed by atoms with Gasteiger partial charge in [-0.05, 0) is 85.4 Å². The number of aromatic nitrogens is 2. The van der Waals surface area contributed by atoms with Crippen LogP contribution < -0.4 is 0 Å². The molecule has 0 N–H and O–H groups in total. The van der Waals surface area contributed by atoms with Gasteiger partial charge in [0.15, 0.2) is 5.82 Å². The number of benzene rings is 9. The number of hydrogen-bond acceptors (Lipinski definition) is 3. The van der Waals surface area contributed by atoms with Gasteiger partial charge >= 0.3 is 0 Å². The van der Waals surface area contributed by atoms with E-state index >= 15 is 0 Å². The van der Waals surface area contributed by atoms with Gasteiger partial charge in [-0.3, -0.25) is 0 Å². The van der Waals surface area contributed by atoms with Crippen LogP contribution in [0.15, 0.2) is 199 Å². The molecule has 0 atom stereocenters. The zero-order chi connectivity index (χ0) is 36.3. The van der Waals surface area contributed by atoms with Crippen LogP contribution in [0, 0.1) is 0 Å². The van der Waals surface area contributed by atoms with E-state index in [0.29, 0.717) is 5.82 Å². The number of hydrogen-bond donors (Lipinski definition) is 0. The Kier molecular flexibility index (Phi) is 7.17. The summed E-state index contributed by atoms with van der Waals surface area (Å²) in [4.78, 5) is 10.6. The highest BCUT2D eigenvalue weighted by Crippen LogP contribution is 2.45. The Morgan fingerprint density at radius 2 is 0.873 bits per heavy atom. The number of fused-ring (bicyclic) bond motifs is 9. The maximum Gasteiger partial charge on any atom is 0.160 e. The second-order valence-electron chi connectivity index (χ2n) is 14.1. The Labute approximate surface area is 317 Å². The standard InChI is InChI=1S/C52H32N2O/c1-3-14-33(15-4-1)35-18-13-19-36(30-35)46-32-47(54-52(53-46)34-16-5-2-6-17-34)43-28-29-49-51(44-24-11-12-25-48(44)55-49)50(43)37-26-27-42-40-22-8-7-20-38(40)39-21-9-10-23-41(39)45(42)31-37/h1-32H. The molecule has 0 saturated carbocycles. The molecule has 0 saturated heterocycles. The molecular formula is C52H32N2O. The summed E-state index contributed by atoms with van der Waals surface area (Å²) in [5, 5.41) is 9.60. The van der Waals surface area contributed by atoms with E-state index in [2.05, 4.69) is 164 Å². The van der Waals surface area contributed by atoms with E-state index in [1.807, 2.05) is 30.3 Å². The average molecular weight is 701 g/mol. The van der Waals surface area contributed by atoms with E-state index in [4.69, 9.17) is 14.4 Å². The van der Waals surface area contributed by atoms with Crippen molar-refractivity contribution in [3.63, 3.8) is 0 Å². The quantitative estimate of drug-likeness (QED) is 0.168. The van der Waals surface area contributed by atoms with E-state index in [9.17, 15) is 0 Å². The summed E-state index contributed by atoms with van der Waals surface area (Å²) in [5.41, 5.74) is 10.9. The Morgan fingerprint density at radius 3 is 1.60 bits per heavy atom. The minimum absolute atomic E-state index is 0.678. The first-order valence-electron chi connectivity index (χ1n) is 18.7. The van der Waals surface area contributed by atoms with Crippen LogP contribution in [0.25, 0.3) is 110 Å². The molecule has 0 aliphatic carbocycles. The van der Waals surface area contributed by atoms with Crippen LogP contribution in [-0.4, -0.2) is 9.97 Å². The van der Waals surface area contributed by atoms with Crippen LogP contribution in [0.2, 0.25) is 0 Å². The molecule has 3 heteroatoms. The van der Waals surface area contributed by atoms with Crippen LogP contribution in [0.1, 0.15) is 0 Å². The maximum atomic E-state index is 6.53. The minimum atomic E-state index is 0.678. The summed E-state index contributed by atoms with van der Waals surface area (Å²) in [7, 11) is 0. The van der Waals surface area contributed by atoms with Gasteiger partial charge in [-0.2, -0.15) is 0 Å². The Balaban J connectivity index is 1.21. The molecule has 0 bridgehead atoms. The van der Waals surface area contributed by atoms with Gasteiger partial charge in [0.1, 0.15) is 11.2 Å². The molecule has 2 aromatic heterocycles. The minimum Gasteiger partial charge on any atom is -0.456 e. The smallest absolute Gasteiger partial charge is 0.160 e. The third-order valence-corrected chi connectivity index (χ3v) is 10.9. The predicted molar refractivity (Wildman–Crippen MR) is 229 cm³/mol. The van der Waals surface area contributed by atoms with Crippen molar-refractivity contribution in [2.45, 2.75) is 0 Å². The van der Waals surface area contributed by atoms with Gasteiger partial charge in [-0.15, -0.1) is 0 Å². The lowest BCUT2D eigenvalue weighted by molar-refractivity contribution is 0.669. The molecule has 11 aromatic rings. The molecule has 9 aromatic carbocycles. The van der Waals surface area contributed by atoms with E-state index in [-0.39, 0.29) is 0 Å². The van der Waals surface area contributed by atoms with Gasteiger partial charge in [-0.1, -0.05) is 158 Å². The normalized spacial score (nSPS) is 11.6. The number of furan rings is 1. The summed E-state index contributed by atoms with van der Waals surface area (Å²) in [5.74, 6) is 0.678. The van der Waals surface area contributed by atoms with Crippen molar-refractivity contribution in [1.29, 1.82) is 0 Å². The van der Waals surface area contributed by atoms with Crippen molar-refractivity contribution in [1.82, 2.24) is 9.97 Å². The summed E-state index contributed by atoms with van der Waals surface area (Å²) < 4.78 is 6.53. The molecule has 0 amide bonds. The lowest BCUT2D eigenvalue weighted by Crippen LogP contribution is -1.97. The van der Waals surface area contributed by atoms with Gasteiger partial charge in [0, 0.05) is 33.0 Å². The third-order valence-electron chi connectivity index (χ3n) is 10.9. The van der Waals surface area contributed by atoms with Crippen LogP contribution in [0.5, 0.6) is 0 Å². The Hall–Kier alpha value is -7.36. The fourth-order valence-electron chi connectivity index (χ4n) is 8.33. The molecule has 0 fully saturated rings. The number of nitrogens with zero attached hydrogens (tertiary/aromatic N) is 2. The first-order valence-corrected chi connectivity index (χ1v) is 18.7. The second kappa shape index (κ2) is 12.6. The van der Waals surface area contributed by atoms with E-state index in [1.165, 1.54) is 32.3 Å². The highest BCUT2D eigenvalue weighted by atomic mass is 16.3. The largest absolute Gasteiger partial charge is 0.456 e. The summed E-state index contributed by atoms with van der Waals surface area (Å²) >= 11 is 0. The molecular weight excluding hydrogens is 669 g/mol. The van der Waals surface area contributed by atoms with Crippen molar-refractivity contribution in [3.8, 4) is 56.2 Å². The van der Waals surface area contributed by atoms with Gasteiger partial charge in [0.05, 0.1) is 11.4 Å². The van der Waals surface area contributed by atoms with Crippen molar-refractivity contribution in [2.75, 3.05) is 0 Å². The number of rotatable bonds is 5. The zero-order valence-electron chi connectivity index (χ0n) is 29.8. The van der Waals surface area contributed by atoms with Gasteiger partial charge in [-0.25, -0.2) is 9.97 Å². The van der Waals surface area contributed by atoms with Crippen molar-refractivity contribution in [3.05, 3.63) is 194 Å². The topological polar surface area (TPSA) is 38.9 Å². The molecule has 3 nitrogen and oxygen atoms in total. The number of para-hydroxylation sites is 1. The van der Waals surface area contributed by atoms with Crippen molar-refractivity contribution in [2.24, 2.45) is 0 Å². The first kappa shape index (κ1) is 31.2. The molecule has 55 heavy (non-hydrogen) atoms. The lowest BCUT2D eigenvalue weighted by Gasteiger charge is -2.16. The van der Waals surface area contributed by atoms with E-state index in [1.54, 1.807) is 0 Å².